The Balaban J connectivity index is 1.09. The van der Waals surface area contributed by atoms with Gasteiger partial charge in [0.25, 0.3) is 0 Å². The number of hydrogen-bond acceptors (Lipinski definition) is 1. The van der Waals surface area contributed by atoms with E-state index in [1.165, 1.54) is 109 Å². The zero-order valence-corrected chi connectivity index (χ0v) is 29.6. The maximum Gasteiger partial charge on any atom is 0.135 e. The standard InChI is InChI=1S/C52H38O/c1-2-10-37-32(9-1)17-21-44-38-20-18-34(29-46(38)52(51(37)44)35-24-30-23-31(26-35)27-36(52)25-30)50-42-14-5-3-12-40(42)49(41-13-4-6-15-43(41)50)33-19-22-48-45(28-33)39-11-7-8-16-47(39)53-48/h1-22,28-31,35-36H,23-27H2. The van der Waals surface area contributed by atoms with E-state index in [0.717, 1.165) is 23.0 Å². The quantitative estimate of drug-likeness (QED) is 0.166. The lowest BCUT2D eigenvalue weighted by molar-refractivity contribution is -0.0393. The van der Waals surface area contributed by atoms with E-state index in [-0.39, 0.29) is 5.41 Å². The van der Waals surface area contributed by atoms with Gasteiger partial charge in [0.1, 0.15) is 11.2 Å². The summed E-state index contributed by atoms with van der Waals surface area (Å²) in [5, 5.41) is 10.4. The highest BCUT2D eigenvalue weighted by atomic mass is 16.3. The predicted molar refractivity (Wildman–Crippen MR) is 220 cm³/mol. The van der Waals surface area contributed by atoms with Crippen molar-refractivity contribution in [2.75, 3.05) is 0 Å². The Labute approximate surface area is 308 Å². The van der Waals surface area contributed by atoms with E-state index >= 15 is 0 Å². The topological polar surface area (TPSA) is 13.1 Å². The van der Waals surface area contributed by atoms with Crippen LogP contribution < -0.4 is 0 Å². The first-order valence-corrected chi connectivity index (χ1v) is 19.8. The third-order valence-electron chi connectivity index (χ3n) is 14.4. The summed E-state index contributed by atoms with van der Waals surface area (Å²) in [5.74, 6) is 3.25. The molecule has 4 saturated carbocycles. The molecule has 4 bridgehead atoms. The van der Waals surface area contributed by atoms with Gasteiger partial charge in [-0.25, -0.2) is 0 Å². The van der Waals surface area contributed by atoms with E-state index in [9.17, 15) is 0 Å². The Morgan fingerprint density at radius 3 is 1.62 bits per heavy atom. The van der Waals surface area contributed by atoms with Gasteiger partial charge in [-0.2, -0.15) is 0 Å². The number of furan rings is 1. The molecule has 252 valence electrons. The van der Waals surface area contributed by atoms with Crippen molar-refractivity contribution in [3.63, 3.8) is 0 Å². The van der Waals surface area contributed by atoms with Crippen LogP contribution >= 0.6 is 0 Å². The van der Waals surface area contributed by atoms with Crippen molar-refractivity contribution in [2.24, 2.45) is 23.7 Å². The van der Waals surface area contributed by atoms with E-state index in [1.54, 1.807) is 11.1 Å². The fourth-order valence-corrected chi connectivity index (χ4v) is 12.8. The van der Waals surface area contributed by atoms with Gasteiger partial charge >= 0.3 is 0 Å². The normalized spacial score (nSPS) is 23.9. The molecule has 4 fully saturated rings. The first-order chi connectivity index (χ1) is 26.2. The Morgan fingerprint density at radius 1 is 0.415 bits per heavy atom. The second-order valence-corrected chi connectivity index (χ2v) is 16.8. The average Bonchev–Trinajstić information content (AvgIpc) is 3.72. The maximum atomic E-state index is 6.26. The lowest BCUT2D eigenvalue weighted by Gasteiger charge is -2.61. The lowest BCUT2D eigenvalue weighted by Crippen LogP contribution is -2.55. The Hall–Kier alpha value is -5.66. The molecule has 1 aromatic heterocycles. The van der Waals surface area contributed by atoms with Crippen molar-refractivity contribution >= 4 is 54.3 Å². The Kier molecular flexibility index (Phi) is 5.59. The van der Waals surface area contributed by atoms with E-state index in [0.29, 0.717) is 11.8 Å². The molecule has 1 spiro atoms. The molecule has 0 saturated heterocycles. The minimum absolute atomic E-state index is 0.0866. The van der Waals surface area contributed by atoms with Crippen LogP contribution in [0, 0.1) is 23.7 Å². The molecule has 0 amide bonds. The average molecular weight is 679 g/mol. The van der Waals surface area contributed by atoms with Crippen molar-refractivity contribution in [1.82, 2.24) is 0 Å². The maximum absolute atomic E-state index is 6.26. The summed E-state index contributed by atoms with van der Waals surface area (Å²) >= 11 is 0. The van der Waals surface area contributed by atoms with Crippen molar-refractivity contribution in [2.45, 2.75) is 37.5 Å². The SMILES string of the molecule is c1ccc2c3c(ccc2c1)-c1ccc(-c2c4ccccc4c(-c4ccc5oc6ccccc6c5c4)c4ccccc24)cc1C31C2CC3CC(C2)CC1C3. The summed E-state index contributed by atoms with van der Waals surface area (Å²) in [6.45, 7) is 0. The van der Waals surface area contributed by atoms with Crippen molar-refractivity contribution in [1.29, 1.82) is 0 Å². The van der Waals surface area contributed by atoms with Crippen LogP contribution in [0.25, 0.3) is 87.6 Å². The monoisotopic (exact) mass is 678 g/mol. The van der Waals surface area contributed by atoms with E-state index in [1.807, 2.05) is 0 Å². The van der Waals surface area contributed by atoms with E-state index < -0.39 is 0 Å². The first kappa shape index (κ1) is 28.9. The number of rotatable bonds is 2. The van der Waals surface area contributed by atoms with Gasteiger partial charge in [-0.3, -0.25) is 0 Å². The third kappa shape index (κ3) is 3.68. The number of benzene rings is 8. The number of para-hydroxylation sites is 1. The summed E-state index contributed by atoms with van der Waals surface area (Å²) in [6.07, 6.45) is 7.01. The second-order valence-electron chi connectivity index (χ2n) is 16.8. The van der Waals surface area contributed by atoms with Crippen LogP contribution in [0.3, 0.4) is 0 Å². The Morgan fingerprint density at radius 2 is 0.943 bits per heavy atom. The van der Waals surface area contributed by atoms with Crippen molar-refractivity contribution < 1.29 is 4.42 Å². The summed E-state index contributed by atoms with van der Waals surface area (Å²) in [4.78, 5) is 0. The Bertz CT molecular complexity index is 2940. The minimum Gasteiger partial charge on any atom is -0.456 e. The van der Waals surface area contributed by atoms with Gasteiger partial charge in [-0.05, 0) is 157 Å². The van der Waals surface area contributed by atoms with Crippen LogP contribution in [0.5, 0.6) is 0 Å². The molecular weight excluding hydrogens is 641 g/mol. The third-order valence-corrected chi connectivity index (χ3v) is 14.4. The molecule has 0 radical (unpaired) electrons. The smallest absolute Gasteiger partial charge is 0.135 e. The molecule has 1 nitrogen and oxygen atoms in total. The molecule has 53 heavy (non-hydrogen) atoms. The van der Waals surface area contributed by atoms with Gasteiger partial charge in [-0.1, -0.05) is 121 Å². The summed E-state index contributed by atoms with van der Waals surface area (Å²) in [5.41, 5.74) is 13.4. The molecule has 0 N–H and O–H groups in total. The summed E-state index contributed by atoms with van der Waals surface area (Å²) < 4.78 is 6.26. The minimum atomic E-state index is 0.0866. The van der Waals surface area contributed by atoms with Crippen molar-refractivity contribution in [3.8, 4) is 33.4 Å². The van der Waals surface area contributed by atoms with E-state index in [4.69, 9.17) is 4.42 Å². The number of fused-ring (bicyclic) bond motifs is 10. The highest BCUT2D eigenvalue weighted by molar-refractivity contribution is 6.22. The molecule has 5 aliphatic rings. The fourth-order valence-electron chi connectivity index (χ4n) is 12.8. The van der Waals surface area contributed by atoms with Crippen LogP contribution in [-0.2, 0) is 5.41 Å². The largest absolute Gasteiger partial charge is 0.456 e. The molecule has 1 heteroatoms. The van der Waals surface area contributed by atoms with Gasteiger partial charge in [0.2, 0.25) is 0 Å². The highest BCUT2D eigenvalue weighted by Crippen LogP contribution is 2.70. The van der Waals surface area contributed by atoms with Crippen LogP contribution in [0.1, 0.15) is 43.2 Å². The summed E-state index contributed by atoms with van der Waals surface area (Å²) in [6, 6.07) is 55.2. The van der Waals surface area contributed by atoms with Gasteiger partial charge in [0, 0.05) is 16.2 Å². The molecule has 9 aromatic rings. The first-order valence-electron chi connectivity index (χ1n) is 19.8. The predicted octanol–water partition coefficient (Wildman–Crippen LogP) is 14.1. The zero-order valence-electron chi connectivity index (χ0n) is 29.6. The lowest BCUT2D eigenvalue weighted by atomic mass is 9.43. The van der Waals surface area contributed by atoms with E-state index in [2.05, 4.69) is 146 Å². The van der Waals surface area contributed by atoms with Gasteiger partial charge in [0.15, 0.2) is 0 Å². The molecular formula is C52H38O. The highest BCUT2D eigenvalue weighted by Gasteiger charge is 2.62. The van der Waals surface area contributed by atoms with Crippen LogP contribution in [0.4, 0.5) is 0 Å². The van der Waals surface area contributed by atoms with Crippen LogP contribution in [-0.4, -0.2) is 0 Å². The van der Waals surface area contributed by atoms with Gasteiger partial charge in [-0.15, -0.1) is 0 Å². The molecule has 8 aromatic carbocycles. The van der Waals surface area contributed by atoms with Gasteiger partial charge in [0.05, 0.1) is 0 Å². The second kappa shape index (κ2) is 10.3. The van der Waals surface area contributed by atoms with Crippen LogP contribution in [0.2, 0.25) is 0 Å². The molecule has 0 unspecified atom stereocenters. The molecule has 5 aliphatic carbocycles. The molecule has 0 atom stereocenters. The molecule has 1 heterocycles. The fraction of sp³-hybridized carbons (Fsp3) is 0.192. The van der Waals surface area contributed by atoms with Gasteiger partial charge < -0.3 is 4.42 Å². The zero-order chi connectivity index (χ0) is 34.4. The summed E-state index contributed by atoms with van der Waals surface area (Å²) in [7, 11) is 0. The van der Waals surface area contributed by atoms with Crippen molar-refractivity contribution in [3.05, 3.63) is 157 Å². The molecule has 14 rings (SSSR count). The molecule has 0 aliphatic heterocycles. The number of hydrogen-bond donors (Lipinski definition) is 0. The van der Waals surface area contributed by atoms with Crippen LogP contribution in [0.15, 0.2) is 150 Å².